The highest BCUT2D eigenvalue weighted by Gasteiger charge is 2.36. The van der Waals surface area contributed by atoms with E-state index in [1.807, 2.05) is 18.7 Å². The van der Waals surface area contributed by atoms with Gasteiger partial charge in [0, 0.05) is 31.5 Å². The predicted octanol–water partition coefficient (Wildman–Crippen LogP) is 1.27. The van der Waals surface area contributed by atoms with Crippen molar-refractivity contribution in [1.82, 2.24) is 15.7 Å². The van der Waals surface area contributed by atoms with Crippen LogP contribution in [-0.2, 0) is 9.63 Å². The molecule has 0 aromatic rings. The normalized spacial score (nSPS) is 26.8. The maximum absolute atomic E-state index is 12.2. The summed E-state index contributed by atoms with van der Waals surface area (Å²) in [6.45, 7) is 6.00. The van der Waals surface area contributed by atoms with Crippen molar-refractivity contribution in [3.63, 3.8) is 0 Å². The van der Waals surface area contributed by atoms with E-state index in [0.717, 1.165) is 25.8 Å². The molecule has 0 aromatic carbocycles. The van der Waals surface area contributed by atoms with Crippen LogP contribution in [0.4, 0.5) is 4.79 Å². The number of amides is 3. The number of likely N-dealkylation sites (tertiary alicyclic amines) is 1. The van der Waals surface area contributed by atoms with Gasteiger partial charge < -0.3 is 10.2 Å². The summed E-state index contributed by atoms with van der Waals surface area (Å²) in [7, 11) is 0. The molecule has 0 radical (unpaired) electrons. The van der Waals surface area contributed by atoms with Gasteiger partial charge in [0.2, 0.25) is 5.91 Å². The number of nitrogens with zero attached hydrogens (tertiary/aromatic N) is 1. The fourth-order valence-corrected chi connectivity index (χ4v) is 2.93. The summed E-state index contributed by atoms with van der Waals surface area (Å²) >= 11 is 0. The summed E-state index contributed by atoms with van der Waals surface area (Å²) in [5.74, 6) is 0.708. The lowest BCUT2D eigenvalue weighted by Crippen LogP contribution is -2.52. The SMILES string of the molecule is CC(C)CONC(=O)N1CCCC[C@H]1[C@H]1CNC(=O)C1. The summed E-state index contributed by atoms with van der Waals surface area (Å²) < 4.78 is 0. The second kappa shape index (κ2) is 6.92. The van der Waals surface area contributed by atoms with Gasteiger partial charge >= 0.3 is 6.03 Å². The summed E-state index contributed by atoms with van der Waals surface area (Å²) in [4.78, 5) is 30.6. The first-order chi connectivity index (χ1) is 9.58. The van der Waals surface area contributed by atoms with Gasteiger partial charge in [0.1, 0.15) is 0 Å². The van der Waals surface area contributed by atoms with Gasteiger partial charge in [-0.1, -0.05) is 13.8 Å². The van der Waals surface area contributed by atoms with Gasteiger partial charge in [0.05, 0.1) is 6.61 Å². The average Bonchev–Trinajstić information content (AvgIpc) is 2.85. The highest BCUT2D eigenvalue weighted by molar-refractivity contribution is 5.79. The molecule has 2 atom stereocenters. The molecule has 114 valence electrons. The number of carbonyl (C=O) groups is 2. The van der Waals surface area contributed by atoms with E-state index >= 15 is 0 Å². The van der Waals surface area contributed by atoms with Crippen molar-refractivity contribution in [2.75, 3.05) is 19.7 Å². The number of hydrogen-bond acceptors (Lipinski definition) is 3. The molecule has 6 heteroatoms. The molecule has 2 N–H and O–H groups in total. The summed E-state index contributed by atoms with van der Waals surface area (Å²) in [6.07, 6.45) is 3.63. The fraction of sp³-hybridized carbons (Fsp3) is 0.857. The minimum Gasteiger partial charge on any atom is -0.356 e. The fourth-order valence-electron chi connectivity index (χ4n) is 2.93. The number of hydrogen-bond donors (Lipinski definition) is 2. The Morgan fingerprint density at radius 2 is 2.30 bits per heavy atom. The van der Waals surface area contributed by atoms with Crippen LogP contribution in [0.1, 0.15) is 39.5 Å². The van der Waals surface area contributed by atoms with Gasteiger partial charge in [-0.2, -0.15) is 0 Å². The molecule has 0 aromatic heterocycles. The Hall–Kier alpha value is -1.30. The molecule has 3 amide bonds. The van der Waals surface area contributed by atoms with Crippen LogP contribution in [0.2, 0.25) is 0 Å². The smallest absolute Gasteiger partial charge is 0.341 e. The van der Waals surface area contributed by atoms with Gasteiger partial charge in [-0.3, -0.25) is 9.63 Å². The Morgan fingerprint density at radius 1 is 1.50 bits per heavy atom. The van der Waals surface area contributed by atoms with Crippen molar-refractivity contribution in [2.45, 2.75) is 45.6 Å². The maximum Gasteiger partial charge on any atom is 0.341 e. The van der Waals surface area contributed by atoms with E-state index in [4.69, 9.17) is 4.84 Å². The van der Waals surface area contributed by atoms with Gasteiger partial charge in [-0.05, 0) is 25.2 Å². The van der Waals surface area contributed by atoms with E-state index < -0.39 is 0 Å². The molecule has 0 bridgehead atoms. The lowest BCUT2D eigenvalue weighted by molar-refractivity contribution is -0.119. The van der Waals surface area contributed by atoms with Crippen molar-refractivity contribution < 1.29 is 14.4 Å². The minimum atomic E-state index is -0.172. The Bertz CT molecular complexity index is 360. The third kappa shape index (κ3) is 3.85. The van der Waals surface area contributed by atoms with Crippen molar-refractivity contribution in [2.24, 2.45) is 11.8 Å². The maximum atomic E-state index is 12.2. The number of urea groups is 1. The molecular formula is C14H25N3O3. The predicted molar refractivity (Wildman–Crippen MR) is 74.8 cm³/mol. The first-order valence-corrected chi connectivity index (χ1v) is 7.53. The van der Waals surface area contributed by atoms with Crippen LogP contribution < -0.4 is 10.8 Å². The zero-order valence-electron chi connectivity index (χ0n) is 12.4. The second-order valence-electron chi connectivity index (χ2n) is 6.14. The Labute approximate surface area is 120 Å². The number of hydroxylamine groups is 1. The molecule has 0 aliphatic carbocycles. The quantitative estimate of drug-likeness (QED) is 0.763. The summed E-state index contributed by atoms with van der Waals surface area (Å²) in [5, 5.41) is 2.86. The molecule has 0 saturated carbocycles. The molecular weight excluding hydrogens is 258 g/mol. The van der Waals surface area contributed by atoms with E-state index in [9.17, 15) is 9.59 Å². The first kappa shape index (κ1) is 15.1. The van der Waals surface area contributed by atoms with E-state index in [0.29, 0.717) is 25.5 Å². The van der Waals surface area contributed by atoms with Crippen LogP contribution in [0.15, 0.2) is 0 Å². The van der Waals surface area contributed by atoms with E-state index in [1.54, 1.807) is 0 Å². The van der Waals surface area contributed by atoms with Crippen LogP contribution in [0.5, 0.6) is 0 Å². The monoisotopic (exact) mass is 283 g/mol. The Kier molecular flexibility index (Phi) is 5.23. The molecule has 6 nitrogen and oxygen atoms in total. The molecule has 2 saturated heterocycles. The number of carbonyl (C=O) groups excluding carboxylic acids is 2. The van der Waals surface area contributed by atoms with Gasteiger partial charge in [0.25, 0.3) is 0 Å². The van der Waals surface area contributed by atoms with Crippen LogP contribution in [0.25, 0.3) is 0 Å². The first-order valence-electron chi connectivity index (χ1n) is 7.53. The van der Waals surface area contributed by atoms with Crippen LogP contribution >= 0.6 is 0 Å². The number of nitrogens with one attached hydrogen (secondary N) is 2. The van der Waals surface area contributed by atoms with Gasteiger partial charge in [0.15, 0.2) is 0 Å². The Balaban J connectivity index is 1.89. The summed E-state index contributed by atoms with van der Waals surface area (Å²) in [6, 6.07) is -0.0277. The number of piperidine rings is 1. The Morgan fingerprint density at radius 3 is 2.95 bits per heavy atom. The average molecular weight is 283 g/mol. The second-order valence-corrected chi connectivity index (χ2v) is 6.14. The zero-order valence-corrected chi connectivity index (χ0v) is 12.4. The topological polar surface area (TPSA) is 70.7 Å². The van der Waals surface area contributed by atoms with E-state index in [2.05, 4.69) is 10.8 Å². The van der Waals surface area contributed by atoms with Crippen molar-refractivity contribution in [1.29, 1.82) is 0 Å². The van der Waals surface area contributed by atoms with Gasteiger partial charge in [-0.25, -0.2) is 10.3 Å². The number of rotatable bonds is 4. The molecule has 2 fully saturated rings. The van der Waals surface area contributed by atoms with Crippen molar-refractivity contribution >= 4 is 11.9 Å². The van der Waals surface area contributed by atoms with Crippen LogP contribution in [0.3, 0.4) is 0 Å². The molecule has 2 aliphatic heterocycles. The molecule has 0 spiro atoms. The van der Waals surface area contributed by atoms with E-state index in [1.165, 1.54) is 0 Å². The standard InChI is InChI=1S/C14H25N3O3/c1-10(2)9-20-16-14(19)17-6-4-3-5-12(17)11-7-13(18)15-8-11/h10-12H,3-9H2,1-2H3,(H,15,18)(H,16,19)/t11-,12+/m1/s1. The van der Waals surface area contributed by atoms with Crippen molar-refractivity contribution in [3.8, 4) is 0 Å². The molecule has 20 heavy (non-hydrogen) atoms. The van der Waals surface area contributed by atoms with E-state index in [-0.39, 0.29) is 23.9 Å². The third-order valence-corrected chi connectivity index (χ3v) is 3.94. The zero-order chi connectivity index (χ0) is 14.5. The molecule has 2 rings (SSSR count). The van der Waals surface area contributed by atoms with Crippen molar-refractivity contribution in [3.05, 3.63) is 0 Å². The molecule has 0 unspecified atom stereocenters. The third-order valence-electron chi connectivity index (χ3n) is 3.94. The summed E-state index contributed by atoms with van der Waals surface area (Å²) in [5.41, 5.74) is 2.53. The van der Waals surface area contributed by atoms with Gasteiger partial charge in [-0.15, -0.1) is 0 Å². The highest BCUT2D eigenvalue weighted by atomic mass is 16.7. The minimum absolute atomic E-state index is 0.0944. The van der Waals surface area contributed by atoms with Crippen LogP contribution in [0, 0.1) is 11.8 Å². The lowest BCUT2D eigenvalue weighted by Gasteiger charge is -2.38. The molecule has 2 aliphatic rings. The molecule has 2 heterocycles. The van der Waals surface area contributed by atoms with Crippen LogP contribution in [-0.4, -0.2) is 42.6 Å². The lowest BCUT2D eigenvalue weighted by atomic mass is 9.90. The largest absolute Gasteiger partial charge is 0.356 e. The highest BCUT2D eigenvalue weighted by Crippen LogP contribution is 2.27.